The van der Waals surface area contributed by atoms with E-state index in [9.17, 15) is 5.11 Å². The molecule has 2 nitrogen and oxygen atoms in total. The highest BCUT2D eigenvalue weighted by molar-refractivity contribution is 6.13. The molecule has 0 aromatic carbocycles. The molecule has 3 heteroatoms. The lowest BCUT2D eigenvalue weighted by molar-refractivity contribution is 0.121. The van der Waals surface area contributed by atoms with E-state index in [0.29, 0.717) is 0 Å². The Morgan fingerprint density at radius 1 is 0.714 bits per heavy atom. The molecular formula is C18H38ClNO. The van der Waals surface area contributed by atoms with Crippen LogP contribution in [0.1, 0.15) is 104 Å². The molecule has 0 aromatic rings. The van der Waals surface area contributed by atoms with Gasteiger partial charge in [-0.2, -0.15) is 0 Å². The first-order chi connectivity index (χ1) is 10.3. The zero-order valence-electron chi connectivity index (χ0n) is 14.4. The number of aliphatic hydroxyl groups is 1. The topological polar surface area (TPSA) is 32.3 Å². The smallest absolute Gasteiger partial charge is 0.0705 e. The van der Waals surface area contributed by atoms with E-state index in [0.717, 1.165) is 25.7 Å². The molecular weight excluding hydrogens is 282 g/mol. The molecule has 0 unspecified atom stereocenters. The number of aliphatic hydroxyl groups excluding tert-OH is 1. The monoisotopic (exact) mass is 319 g/mol. The Bertz CT molecular complexity index is 202. The zero-order chi connectivity index (χ0) is 15.8. The van der Waals surface area contributed by atoms with Gasteiger partial charge in [-0.1, -0.05) is 90.9 Å². The Labute approximate surface area is 138 Å². The van der Waals surface area contributed by atoms with Crippen molar-refractivity contribution < 1.29 is 5.11 Å². The summed E-state index contributed by atoms with van der Waals surface area (Å²) in [7, 11) is 0. The summed E-state index contributed by atoms with van der Waals surface area (Å²) in [6.07, 6.45) is 17.4. The van der Waals surface area contributed by atoms with Gasteiger partial charge in [0.25, 0.3) is 0 Å². The molecule has 21 heavy (non-hydrogen) atoms. The van der Waals surface area contributed by atoms with Crippen molar-refractivity contribution in [3.63, 3.8) is 0 Å². The maximum Gasteiger partial charge on any atom is 0.0705 e. The minimum absolute atomic E-state index is 0.0554. The molecule has 0 fully saturated rings. The SMILES string of the molecule is CCCCCCCCCCCCC[C@@H](O)[C@H](CCC)NCl. The number of unbranched alkanes of at least 4 members (excludes halogenated alkanes) is 10. The summed E-state index contributed by atoms with van der Waals surface area (Å²) in [4.78, 5) is 2.71. The number of hydrogen-bond acceptors (Lipinski definition) is 2. The van der Waals surface area contributed by atoms with E-state index in [2.05, 4.69) is 18.7 Å². The third-order valence-electron chi connectivity index (χ3n) is 4.31. The normalized spacial score (nSPS) is 14.3. The van der Waals surface area contributed by atoms with Crippen LogP contribution in [0, 0.1) is 0 Å². The molecule has 0 aliphatic heterocycles. The molecule has 0 aliphatic rings. The molecule has 0 rings (SSSR count). The number of nitrogens with one attached hydrogen (secondary N) is 1. The third-order valence-corrected chi connectivity index (χ3v) is 4.59. The first-order valence-electron chi connectivity index (χ1n) is 9.30. The second-order valence-corrected chi connectivity index (χ2v) is 6.61. The van der Waals surface area contributed by atoms with Gasteiger partial charge in [0.15, 0.2) is 0 Å². The van der Waals surface area contributed by atoms with Gasteiger partial charge < -0.3 is 5.11 Å². The highest BCUT2D eigenvalue weighted by atomic mass is 35.5. The fourth-order valence-electron chi connectivity index (χ4n) is 2.85. The lowest BCUT2D eigenvalue weighted by Crippen LogP contribution is -2.34. The van der Waals surface area contributed by atoms with Crippen LogP contribution >= 0.6 is 11.8 Å². The van der Waals surface area contributed by atoms with Gasteiger partial charge in [0, 0.05) is 6.04 Å². The largest absolute Gasteiger partial charge is 0.391 e. The molecule has 128 valence electrons. The first-order valence-corrected chi connectivity index (χ1v) is 9.68. The van der Waals surface area contributed by atoms with E-state index in [4.69, 9.17) is 11.8 Å². The fraction of sp³-hybridized carbons (Fsp3) is 1.00. The van der Waals surface area contributed by atoms with Crippen molar-refractivity contribution in [3.05, 3.63) is 0 Å². The van der Waals surface area contributed by atoms with E-state index < -0.39 is 0 Å². The molecule has 2 N–H and O–H groups in total. The van der Waals surface area contributed by atoms with Crippen molar-refractivity contribution in [1.29, 1.82) is 0 Å². The van der Waals surface area contributed by atoms with Crippen molar-refractivity contribution in [1.82, 2.24) is 4.84 Å². The summed E-state index contributed by atoms with van der Waals surface area (Å²) >= 11 is 5.67. The summed E-state index contributed by atoms with van der Waals surface area (Å²) in [6.45, 7) is 4.39. The van der Waals surface area contributed by atoms with Crippen LogP contribution < -0.4 is 4.84 Å². The molecule has 0 aliphatic carbocycles. The van der Waals surface area contributed by atoms with Crippen LogP contribution in [-0.2, 0) is 0 Å². The van der Waals surface area contributed by atoms with E-state index in [1.807, 2.05) is 0 Å². The molecule has 0 heterocycles. The summed E-state index contributed by atoms with van der Waals surface area (Å²) in [6, 6.07) is 0.0554. The quantitative estimate of drug-likeness (QED) is 0.272. The van der Waals surface area contributed by atoms with Crippen LogP contribution in [0.25, 0.3) is 0 Å². The van der Waals surface area contributed by atoms with Crippen molar-refractivity contribution in [2.45, 2.75) is 116 Å². The molecule has 2 atom stereocenters. The molecule has 0 spiro atoms. The van der Waals surface area contributed by atoms with Crippen molar-refractivity contribution >= 4 is 11.8 Å². The Morgan fingerprint density at radius 2 is 1.19 bits per heavy atom. The number of hydrogen-bond donors (Lipinski definition) is 2. The van der Waals surface area contributed by atoms with E-state index in [-0.39, 0.29) is 12.1 Å². The molecule has 0 bridgehead atoms. The summed E-state index contributed by atoms with van der Waals surface area (Å²) in [5, 5.41) is 10.0. The number of halogens is 1. The van der Waals surface area contributed by atoms with Gasteiger partial charge in [-0.05, 0) is 24.6 Å². The maximum atomic E-state index is 10.0. The van der Waals surface area contributed by atoms with Crippen LogP contribution in [0.3, 0.4) is 0 Å². The Hall–Kier alpha value is 0.210. The van der Waals surface area contributed by atoms with Crippen LogP contribution in [0.2, 0.25) is 0 Å². The van der Waals surface area contributed by atoms with E-state index in [1.165, 1.54) is 64.2 Å². The Balaban J connectivity index is 3.28. The standard InChI is InChI=1S/C18H38ClNO/c1-3-5-6-7-8-9-10-11-12-13-14-16-18(21)17(20-19)15-4-2/h17-18,20-21H,3-16H2,1-2H3/t17-,18+/m0/s1. The van der Waals surface area contributed by atoms with Crippen LogP contribution in [0.5, 0.6) is 0 Å². The lowest BCUT2D eigenvalue weighted by Gasteiger charge is -2.20. The fourth-order valence-corrected chi connectivity index (χ4v) is 3.10. The first kappa shape index (κ1) is 21.2. The zero-order valence-corrected chi connectivity index (χ0v) is 15.1. The Kier molecular flexibility index (Phi) is 16.7. The van der Waals surface area contributed by atoms with E-state index >= 15 is 0 Å². The van der Waals surface area contributed by atoms with E-state index in [1.54, 1.807) is 0 Å². The van der Waals surface area contributed by atoms with Gasteiger partial charge in [-0.25, -0.2) is 4.84 Å². The van der Waals surface area contributed by atoms with Crippen LogP contribution in [0.4, 0.5) is 0 Å². The molecule has 0 saturated carbocycles. The summed E-state index contributed by atoms with van der Waals surface area (Å²) in [5.41, 5.74) is 0. The summed E-state index contributed by atoms with van der Waals surface area (Å²) in [5.74, 6) is 0. The maximum absolute atomic E-state index is 10.0. The minimum atomic E-state index is -0.291. The molecule has 0 aromatic heterocycles. The minimum Gasteiger partial charge on any atom is -0.391 e. The predicted molar refractivity (Wildman–Crippen MR) is 94.8 cm³/mol. The molecule has 0 radical (unpaired) electrons. The molecule has 0 amide bonds. The van der Waals surface area contributed by atoms with Gasteiger partial charge in [0.1, 0.15) is 0 Å². The Morgan fingerprint density at radius 3 is 1.62 bits per heavy atom. The average molecular weight is 320 g/mol. The van der Waals surface area contributed by atoms with Gasteiger partial charge in [-0.15, -0.1) is 0 Å². The molecule has 0 saturated heterocycles. The highest BCUT2D eigenvalue weighted by Crippen LogP contribution is 2.14. The lowest BCUT2D eigenvalue weighted by atomic mass is 10.00. The van der Waals surface area contributed by atoms with Gasteiger partial charge in [0.2, 0.25) is 0 Å². The average Bonchev–Trinajstić information content (AvgIpc) is 2.50. The van der Waals surface area contributed by atoms with Crippen LogP contribution in [0.15, 0.2) is 0 Å². The van der Waals surface area contributed by atoms with Crippen LogP contribution in [-0.4, -0.2) is 17.3 Å². The van der Waals surface area contributed by atoms with Gasteiger partial charge in [-0.3, -0.25) is 0 Å². The van der Waals surface area contributed by atoms with Gasteiger partial charge in [0.05, 0.1) is 6.10 Å². The second kappa shape index (κ2) is 16.6. The third kappa shape index (κ3) is 13.6. The van der Waals surface area contributed by atoms with Crippen molar-refractivity contribution in [2.24, 2.45) is 0 Å². The summed E-state index contributed by atoms with van der Waals surface area (Å²) < 4.78 is 0. The second-order valence-electron chi connectivity index (χ2n) is 6.40. The number of rotatable bonds is 16. The van der Waals surface area contributed by atoms with Crippen molar-refractivity contribution in [2.75, 3.05) is 0 Å². The van der Waals surface area contributed by atoms with Crippen molar-refractivity contribution in [3.8, 4) is 0 Å². The predicted octanol–water partition coefficient (Wildman–Crippen LogP) is 5.96. The van der Waals surface area contributed by atoms with Gasteiger partial charge >= 0.3 is 0 Å². The highest BCUT2D eigenvalue weighted by Gasteiger charge is 2.16.